The van der Waals surface area contributed by atoms with Crippen LogP contribution < -0.4 is 5.32 Å². The van der Waals surface area contributed by atoms with Gasteiger partial charge in [0.15, 0.2) is 0 Å². The number of unbranched alkanes of at least 4 members (excludes halogenated alkanes) is 2. The number of carboxylic acids is 1. The Kier molecular flexibility index (Phi) is 6.42. The van der Waals surface area contributed by atoms with E-state index >= 15 is 0 Å². The van der Waals surface area contributed by atoms with Crippen molar-refractivity contribution in [3.8, 4) is 0 Å². The van der Waals surface area contributed by atoms with Gasteiger partial charge in [-0.3, -0.25) is 4.79 Å². The monoisotopic (exact) mass is 228 g/mol. The molecule has 0 aromatic carbocycles. The highest BCUT2D eigenvalue weighted by molar-refractivity contribution is 5.69. The first-order chi connectivity index (χ1) is 7.72. The third-order valence-corrected chi connectivity index (χ3v) is 3.13. The number of likely N-dealkylation sites (tertiary alicyclic amines) is 1. The van der Waals surface area contributed by atoms with Crippen LogP contribution >= 0.6 is 0 Å². The zero-order chi connectivity index (χ0) is 11.8. The first-order valence-corrected chi connectivity index (χ1v) is 6.40. The standard InChI is InChI=1S/C12H24N2O2/c1-2-3-4-7-14-8-5-6-11(10-14)13-9-12(15)16/h11,13H,2-10H2,1H3,(H,15,16). The summed E-state index contributed by atoms with van der Waals surface area (Å²) in [6.45, 7) is 5.66. The van der Waals surface area contributed by atoms with E-state index in [1.54, 1.807) is 0 Å². The molecule has 1 atom stereocenters. The van der Waals surface area contributed by atoms with Crippen molar-refractivity contribution < 1.29 is 9.90 Å². The van der Waals surface area contributed by atoms with Crippen LogP contribution in [-0.2, 0) is 4.79 Å². The number of hydrogen-bond acceptors (Lipinski definition) is 3. The first kappa shape index (κ1) is 13.5. The average Bonchev–Trinajstić information content (AvgIpc) is 2.27. The molecule has 0 aliphatic carbocycles. The van der Waals surface area contributed by atoms with Crippen molar-refractivity contribution in [2.75, 3.05) is 26.2 Å². The Morgan fingerprint density at radius 1 is 1.50 bits per heavy atom. The van der Waals surface area contributed by atoms with E-state index in [1.165, 1.54) is 38.8 Å². The fraction of sp³-hybridized carbons (Fsp3) is 0.917. The van der Waals surface area contributed by atoms with E-state index in [1.807, 2.05) is 0 Å². The van der Waals surface area contributed by atoms with Crippen LogP contribution in [0, 0.1) is 0 Å². The molecule has 1 fully saturated rings. The molecule has 0 spiro atoms. The normalized spacial score (nSPS) is 22.2. The molecule has 94 valence electrons. The van der Waals surface area contributed by atoms with Crippen LogP contribution in [-0.4, -0.2) is 48.2 Å². The molecule has 0 amide bonds. The topological polar surface area (TPSA) is 52.6 Å². The van der Waals surface area contributed by atoms with Crippen LogP contribution in [0.4, 0.5) is 0 Å². The Hall–Kier alpha value is -0.610. The van der Waals surface area contributed by atoms with Crippen LogP contribution in [0.15, 0.2) is 0 Å². The molecule has 1 aliphatic heterocycles. The summed E-state index contributed by atoms with van der Waals surface area (Å²) in [5, 5.41) is 11.7. The van der Waals surface area contributed by atoms with Gasteiger partial charge in [0.1, 0.15) is 0 Å². The van der Waals surface area contributed by atoms with Gasteiger partial charge in [-0.1, -0.05) is 19.8 Å². The Bertz CT molecular complexity index is 209. The molecule has 1 rings (SSSR count). The van der Waals surface area contributed by atoms with Crippen LogP contribution in [0.1, 0.15) is 39.0 Å². The van der Waals surface area contributed by atoms with Crippen LogP contribution in [0.25, 0.3) is 0 Å². The number of nitrogens with zero attached hydrogens (tertiary/aromatic N) is 1. The fourth-order valence-electron chi connectivity index (χ4n) is 2.24. The van der Waals surface area contributed by atoms with Gasteiger partial charge in [-0.05, 0) is 32.4 Å². The molecule has 4 nitrogen and oxygen atoms in total. The highest BCUT2D eigenvalue weighted by atomic mass is 16.4. The lowest BCUT2D eigenvalue weighted by molar-refractivity contribution is -0.136. The molecule has 2 N–H and O–H groups in total. The third-order valence-electron chi connectivity index (χ3n) is 3.13. The van der Waals surface area contributed by atoms with E-state index in [0.29, 0.717) is 6.04 Å². The molecule has 4 heteroatoms. The average molecular weight is 228 g/mol. The number of nitrogens with one attached hydrogen (secondary N) is 1. The zero-order valence-electron chi connectivity index (χ0n) is 10.2. The predicted octanol–water partition coefficient (Wildman–Crippen LogP) is 1.32. The smallest absolute Gasteiger partial charge is 0.317 e. The van der Waals surface area contributed by atoms with E-state index in [4.69, 9.17) is 5.11 Å². The molecule has 1 saturated heterocycles. The van der Waals surface area contributed by atoms with Crippen LogP contribution in [0.5, 0.6) is 0 Å². The number of carboxylic acid groups (broad SMARTS) is 1. The lowest BCUT2D eigenvalue weighted by atomic mass is 10.1. The second-order valence-electron chi connectivity index (χ2n) is 4.62. The Morgan fingerprint density at radius 3 is 3.00 bits per heavy atom. The minimum atomic E-state index is -0.761. The molecule has 16 heavy (non-hydrogen) atoms. The summed E-state index contributed by atoms with van der Waals surface area (Å²) in [6, 6.07) is 0.367. The molecule has 1 unspecified atom stereocenters. The van der Waals surface area contributed by atoms with Crippen molar-refractivity contribution in [2.24, 2.45) is 0 Å². The lowest BCUT2D eigenvalue weighted by Gasteiger charge is -2.33. The maximum absolute atomic E-state index is 10.5. The maximum atomic E-state index is 10.5. The fourth-order valence-corrected chi connectivity index (χ4v) is 2.24. The predicted molar refractivity (Wildman–Crippen MR) is 64.6 cm³/mol. The summed E-state index contributed by atoms with van der Waals surface area (Å²) in [6.07, 6.45) is 6.11. The van der Waals surface area contributed by atoms with Gasteiger partial charge in [-0.25, -0.2) is 0 Å². The zero-order valence-corrected chi connectivity index (χ0v) is 10.2. The molecular weight excluding hydrogens is 204 g/mol. The van der Waals surface area contributed by atoms with Crippen molar-refractivity contribution in [2.45, 2.75) is 45.1 Å². The minimum Gasteiger partial charge on any atom is -0.480 e. The summed E-state index contributed by atoms with van der Waals surface area (Å²) in [4.78, 5) is 12.9. The number of carbonyl (C=O) groups is 1. The summed E-state index contributed by atoms with van der Waals surface area (Å²) in [5.74, 6) is -0.761. The van der Waals surface area contributed by atoms with E-state index in [2.05, 4.69) is 17.1 Å². The Labute approximate surface area is 98.0 Å². The molecule has 0 saturated carbocycles. The van der Waals surface area contributed by atoms with Gasteiger partial charge in [0.25, 0.3) is 0 Å². The lowest BCUT2D eigenvalue weighted by Crippen LogP contribution is -2.47. The second kappa shape index (κ2) is 7.63. The van der Waals surface area contributed by atoms with Gasteiger partial charge >= 0.3 is 5.97 Å². The highest BCUT2D eigenvalue weighted by Crippen LogP contribution is 2.11. The number of hydrogen-bond donors (Lipinski definition) is 2. The molecule has 0 radical (unpaired) electrons. The number of piperidine rings is 1. The van der Waals surface area contributed by atoms with Crippen molar-refractivity contribution >= 4 is 5.97 Å². The van der Waals surface area contributed by atoms with Crippen molar-refractivity contribution in [1.29, 1.82) is 0 Å². The highest BCUT2D eigenvalue weighted by Gasteiger charge is 2.19. The van der Waals surface area contributed by atoms with Gasteiger partial charge in [0.05, 0.1) is 6.54 Å². The summed E-state index contributed by atoms with van der Waals surface area (Å²) < 4.78 is 0. The maximum Gasteiger partial charge on any atom is 0.317 e. The largest absolute Gasteiger partial charge is 0.480 e. The Balaban J connectivity index is 2.16. The van der Waals surface area contributed by atoms with Crippen molar-refractivity contribution in [3.05, 3.63) is 0 Å². The quantitative estimate of drug-likeness (QED) is 0.645. The summed E-state index contributed by atoms with van der Waals surface area (Å²) in [5.41, 5.74) is 0. The van der Waals surface area contributed by atoms with Gasteiger partial charge in [0, 0.05) is 12.6 Å². The number of rotatable bonds is 7. The van der Waals surface area contributed by atoms with Gasteiger partial charge in [0.2, 0.25) is 0 Å². The van der Waals surface area contributed by atoms with Gasteiger partial charge in [-0.2, -0.15) is 0 Å². The number of aliphatic carboxylic acids is 1. The molecule has 0 bridgehead atoms. The third kappa shape index (κ3) is 5.47. The molecule has 0 aromatic heterocycles. The van der Waals surface area contributed by atoms with Gasteiger partial charge in [-0.15, -0.1) is 0 Å². The van der Waals surface area contributed by atoms with Crippen molar-refractivity contribution in [3.63, 3.8) is 0 Å². The molecular formula is C12H24N2O2. The van der Waals surface area contributed by atoms with Crippen LogP contribution in [0.2, 0.25) is 0 Å². The van der Waals surface area contributed by atoms with E-state index in [-0.39, 0.29) is 6.54 Å². The molecule has 1 heterocycles. The molecule has 1 aliphatic rings. The second-order valence-corrected chi connectivity index (χ2v) is 4.62. The Morgan fingerprint density at radius 2 is 2.31 bits per heavy atom. The first-order valence-electron chi connectivity index (χ1n) is 6.40. The SMILES string of the molecule is CCCCCN1CCCC(NCC(=O)O)C1. The summed E-state index contributed by atoms with van der Waals surface area (Å²) in [7, 11) is 0. The van der Waals surface area contributed by atoms with E-state index in [0.717, 1.165) is 13.0 Å². The van der Waals surface area contributed by atoms with Crippen molar-refractivity contribution in [1.82, 2.24) is 10.2 Å². The van der Waals surface area contributed by atoms with E-state index < -0.39 is 5.97 Å². The summed E-state index contributed by atoms with van der Waals surface area (Å²) >= 11 is 0. The minimum absolute atomic E-state index is 0.0907. The molecule has 0 aromatic rings. The van der Waals surface area contributed by atoms with E-state index in [9.17, 15) is 4.79 Å². The van der Waals surface area contributed by atoms with Crippen LogP contribution in [0.3, 0.4) is 0 Å². The van der Waals surface area contributed by atoms with Gasteiger partial charge < -0.3 is 15.3 Å².